The number of aromatic nitrogens is 2. The van der Waals surface area contributed by atoms with Gasteiger partial charge in [0.05, 0.1) is 6.61 Å². The maximum absolute atomic E-state index is 12.2. The van der Waals surface area contributed by atoms with Gasteiger partial charge in [0.15, 0.2) is 0 Å². The number of carbonyl (C=O) groups is 2. The van der Waals surface area contributed by atoms with Gasteiger partial charge in [-0.05, 0) is 24.1 Å². The quantitative estimate of drug-likeness (QED) is 0.848. The molecule has 3 rings (SSSR count). The molecule has 1 aliphatic rings. The van der Waals surface area contributed by atoms with Crippen molar-refractivity contribution in [1.29, 1.82) is 0 Å². The van der Waals surface area contributed by atoms with Crippen LogP contribution >= 0.6 is 0 Å². The molecular formula is C17H19N5O3. The second-order valence-electron chi connectivity index (χ2n) is 5.62. The summed E-state index contributed by atoms with van der Waals surface area (Å²) in [5.74, 6) is 0.0304. The third kappa shape index (κ3) is 4.23. The first-order valence-corrected chi connectivity index (χ1v) is 8.01. The number of cyclic esters (lactones) is 1. The van der Waals surface area contributed by atoms with E-state index in [4.69, 9.17) is 10.5 Å². The van der Waals surface area contributed by atoms with Gasteiger partial charge in [-0.2, -0.15) is 0 Å². The lowest BCUT2D eigenvalue weighted by molar-refractivity contribution is 0.0719. The molecule has 0 radical (unpaired) electrons. The van der Waals surface area contributed by atoms with E-state index in [1.165, 1.54) is 0 Å². The van der Waals surface area contributed by atoms with E-state index in [1.807, 2.05) is 12.1 Å². The van der Waals surface area contributed by atoms with Crippen LogP contribution in [0.5, 0.6) is 0 Å². The summed E-state index contributed by atoms with van der Waals surface area (Å²) in [6, 6.07) is 7.12. The van der Waals surface area contributed by atoms with Crippen molar-refractivity contribution in [3.05, 3.63) is 42.2 Å². The zero-order valence-corrected chi connectivity index (χ0v) is 13.6. The first-order valence-electron chi connectivity index (χ1n) is 8.01. The molecule has 0 spiro atoms. The number of benzene rings is 1. The Labute approximate surface area is 145 Å². The highest BCUT2D eigenvalue weighted by Gasteiger charge is 2.19. The standard InChI is InChI=1S/C17H19N5O3/c18-16-20-10-14(11-21-16)12-2-4-13(5-3-12)15(23)19-6-8-22-7-1-9-25-17(22)24/h2-5,10-11H,1,6-9H2,(H,19,23)(H2,18,20,21). The molecular weight excluding hydrogens is 322 g/mol. The van der Waals surface area contributed by atoms with E-state index in [2.05, 4.69) is 15.3 Å². The van der Waals surface area contributed by atoms with E-state index in [-0.39, 0.29) is 17.9 Å². The van der Waals surface area contributed by atoms with Crippen LogP contribution in [0.25, 0.3) is 11.1 Å². The Morgan fingerprint density at radius 3 is 2.60 bits per heavy atom. The average molecular weight is 341 g/mol. The van der Waals surface area contributed by atoms with Gasteiger partial charge >= 0.3 is 6.09 Å². The normalized spacial score (nSPS) is 14.1. The van der Waals surface area contributed by atoms with Crippen molar-refractivity contribution in [3.63, 3.8) is 0 Å². The molecule has 1 saturated heterocycles. The molecule has 1 aromatic carbocycles. The minimum atomic E-state index is -0.324. The van der Waals surface area contributed by atoms with Crippen LogP contribution in [-0.4, -0.2) is 53.1 Å². The first-order chi connectivity index (χ1) is 12.1. The number of carbonyl (C=O) groups excluding carboxylic acids is 2. The lowest BCUT2D eigenvalue weighted by atomic mass is 10.1. The van der Waals surface area contributed by atoms with E-state index in [0.29, 0.717) is 31.8 Å². The number of anilines is 1. The number of rotatable bonds is 5. The minimum absolute atomic E-state index is 0.189. The number of ether oxygens (including phenoxy) is 1. The van der Waals surface area contributed by atoms with Crippen LogP contribution in [0.1, 0.15) is 16.8 Å². The average Bonchev–Trinajstić information content (AvgIpc) is 2.64. The molecule has 3 N–H and O–H groups in total. The Balaban J connectivity index is 1.53. The van der Waals surface area contributed by atoms with Gasteiger partial charge in [0, 0.05) is 43.2 Å². The Hall–Kier alpha value is -3.16. The summed E-state index contributed by atoms with van der Waals surface area (Å²) in [5.41, 5.74) is 7.73. The molecule has 0 unspecified atom stereocenters. The van der Waals surface area contributed by atoms with Crippen molar-refractivity contribution in [2.75, 3.05) is 32.0 Å². The van der Waals surface area contributed by atoms with Gasteiger partial charge in [0.1, 0.15) is 0 Å². The van der Waals surface area contributed by atoms with Gasteiger partial charge in [0.25, 0.3) is 5.91 Å². The minimum Gasteiger partial charge on any atom is -0.449 e. The van der Waals surface area contributed by atoms with Crippen LogP contribution in [0.2, 0.25) is 0 Å². The maximum Gasteiger partial charge on any atom is 0.409 e. The van der Waals surface area contributed by atoms with Crippen LogP contribution in [0.15, 0.2) is 36.7 Å². The summed E-state index contributed by atoms with van der Waals surface area (Å²) in [5, 5.41) is 2.80. The van der Waals surface area contributed by atoms with Crippen molar-refractivity contribution < 1.29 is 14.3 Å². The fourth-order valence-electron chi connectivity index (χ4n) is 2.51. The van der Waals surface area contributed by atoms with E-state index in [1.54, 1.807) is 29.4 Å². The van der Waals surface area contributed by atoms with Crippen LogP contribution in [0, 0.1) is 0 Å². The largest absolute Gasteiger partial charge is 0.449 e. The molecule has 0 saturated carbocycles. The fourth-order valence-corrected chi connectivity index (χ4v) is 2.51. The summed E-state index contributed by atoms with van der Waals surface area (Å²) in [7, 11) is 0. The van der Waals surface area contributed by atoms with Crippen molar-refractivity contribution in [2.24, 2.45) is 0 Å². The molecule has 2 heterocycles. The zero-order valence-electron chi connectivity index (χ0n) is 13.6. The predicted octanol–water partition coefficient (Wildman–Crippen LogP) is 1.30. The number of nitrogens with zero attached hydrogens (tertiary/aromatic N) is 3. The third-order valence-electron chi connectivity index (χ3n) is 3.88. The van der Waals surface area contributed by atoms with Gasteiger partial charge in [0.2, 0.25) is 5.95 Å². The molecule has 8 heteroatoms. The summed E-state index contributed by atoms with van der Waals surface area (Å²) >= 11 is 0. The smallest absolute Gasteiger partial charge is 0.409 e. The number of amides is 2. The number of hydrogen-bond donors (Lipinski definition) is 2. The van der Waals surface area contributed by atoms with Crippen molar-refractivity contribution >= 4 is 17.9 Å². The number of nitrogens with one attached hydrogen (secondary N) is 1. The van der Waals surface area contributed by atoms with Gasteiger partial charge < -0.3 is 20.7 Å². The van der Waals surface area contributed by atoms with E-state index >= 15 is 0 Å². The second kappa shape index (κ2) is 7.61. The van der Waals surface area contributed by atoms with E-state index in [0.717, 1.165) is 17.5 Å². The Bertz CT molecular complexity index is 746. The number of nitrogens with two attached hydrogens (primary N) is 1. The zero-order chi connectivity index (χ0) is 17.6. The van der Waals surface area contributed by atoms with Crippen molar-refractivity contribution in [3.8, 4) is 11.1 Å². The molecule has 25 heavy (non-hydrogen) atoms. The third-order valence-corrected chi connectivity index (χ3v) is 3.88. The summed E-state index contributed by atoms with van der Waals surface area (Å²) in [4.78, 5) is 33.2. The van der Waals surface area contributed by atoms with Crippen LogP contribution in [-0.2, 0) is 4.74 Å². The maximum atomic E-state index is 12.2. The SMILES string of the molecule is Nc1ncc(-c2ccc(C(=O)NCCN3CCCOC3=O)cc2)cn1. The molecule has 0 atom stereocenters. The van der Waals surface area contributed by atoms with Crippen LogP contribution in [0.3, 0.4) is 0 Å². The molecule has 1 aliphatic heterocycles. The van der Waals surface area contributed by atoms with Gasteiger partial charge in [-0.25, -0.2) is 14.8 Å². The summed E-state index contributed by atoms with van der Waals surface area (Å²) in [6.45, 7) is 1.94. The molecule has 1 aromatic heterocycles. The molecule has 130 valence electrons. The van der Waals surface area contributed by atoms with Crippen LogP contribution < -0.4 is 11.1 Å². The molecule has 0 aliphatic carbocycles. The van der Waals surface area contributed by atoms with E-state index in [9.17, 15) is 9.59 Å². The van der Waals surface area contributed by atoms with Gasteiger partial charge in [-0.15, -0.1) is 0 Å². The Morgan fingerprint density at radius 1 is 1.20 bits per heavy atom. The molecule has 2 aromatic rings. The summed E-state index contributed by atoms with van der Waals surface area (Å²) in [6.07, 6.45) is 3.76. The van der Waals surface area contributed by atoms with E-state index < -0.39 is 0 Å². The predicted molar refractivity (Wildman–Crippen MR) is 91.8 cm³/mol. The highest BCUT2D eigenvalue weighted by molar-refractivity contribution is 5.94. The molecule has 8 nitrogen and oxygen atoms in total. The molecule has 1 fully saturated rings. The van der Waals surface area contributed by atoms with Crippen molar-refractivity contribution in [2.45, 2.75) is 6.42 Å². The fraction of sp³-hybridized carbons (Fsp3) is 0.294. The molecule has 2 amide bonds. The highest BCUT2D eigenvalue weighted by atomic mass is 16.6. The lowest BCUT2D eigenvalue weighted by Gasteiger charge is -2.26. The first kappa shape index (κ1) is 16.7. The van der Waals surface area contributed by atoms with Gasteiger partial charge in [-0.1, -0.05) is 12.1 Å². The number of nitrogen functional groups attached to an aromatic ring is 1. The van der Waals surface area contributed by atoms with Crippen LogP contribution in [0.4, 0.5) is 10.7 Å². The summed E-state index contributed by atoms with van der Waals surface area (Å²) < 4.78 is 4.95. The van der Waals surface area contributed by atoms with Crippen molar-refractivity contribution in [1.82, 2.24) is 20.2 Å². The Morgan fingerprint density at radius 2 is 1.92 bits per heavy atom. The topological polar surface area (TPSA) is 110 Å². The molecule has 0 bridgehead atoms. The Kier molecular flexibility index (Phi) is 5.08. The highest BCUT2D eigenvalue weighted by Crippen LogP contribution is 2.18. The monoisotopic (exact) mass is 341 g/mol. The second-order valence-corrected chi connectivity index (χ2v) is 5.62. The number of hydrogen-bond acceptors (Lipinski definition) is 6. The lowest BCUT2D eigenvalue weighted by Crippen LogP contribution is -2.42. The van der Waals surface area contributed by atoms with Gasteiger partial charge in [-0.3, -0.25) is 4.79 Å².